The molecule has 15 heavy (non-hydrogen) atoms. The number of hydrogen-bond acceptors (Lipinski definition) is 4. The van der Waals surface area contributed by atoms with Gasteiger partial charge in [0, 0.05) is 5.54 Å². The van der Waals surface area contributed by atoms with E-state index in [0.29, 0.717) is 0 Å². The van der Waals surface area contributed by atoms with Gasteiger partial charge in [0.25, 0.3) is 5.82 Å². The van der Waals surface area contributed by atoms with E-state index in [-0.39, 0.29) is 18.0 Å². The van der Waals surface area contributed by atoms with Crippen LogP contribution in [0.5, 0.6) is 0 Å². The molecule has 7 heteroatoms. The van der Waals surface area contributed by atoms with Crippen LogP contribution >= 0.6 is 0 Å². The van der Waals surface area contributed by atoms with Crippen LogP contribution in [0.4, 0.5) is 13.2 Å². The lowest BCUT2D eigenvalue weighted by atomic mass is 10.1. The van der Waals surface area contributed by atoms with Gasteiger partial charge in [-0.2, -0.15) is 18.2 Å². The highest BCUT2D eigenvalue weighted by molar-refractivity contribution is 4.91. The Kier molecular flexibility index (Phi) is 3.03. The van der Waals surface area contributed by atoms with Crippen molar-refractivity contribution in [2.75, 3.05) is 0 Å². The van der Waals surface area contributed by atoms with Gasteiger partial charge in [0.1, 0.15) is 0 Å². The van der Waals surface area contributed by atoms with Crippen molar-refractivity contribution in [3.05, 3.63) is 11.7 Å². The van der Waals surface area contributed by atoms with Crippen molar-refractivity contribution in [1.29, 1.82) is 0 Å². The SMILES string of the molecule is CC(C)(C)NCc1nc(C(F)(F)F)no1. The van der Waals surface area contributed by atoms with Crippen LogP contribution in [-0.4, -0.2) is 15.7 Å². The molecule has 0 aromatic carbocycles. The molecule has 0 amide bonds. The van der Waals surface area contributed by atoms with Gasteiger partial charge in [-0.1, -0.05) is 5.16 Å². The summed E-state index contributed by atoms with van der Waals surface area (Å²) in [6.45, 7) is 5.77. The predicted molar refractivity (Wildman–Crippen MR) is 45.9 cm³/mol. The fraction of sp³-hybridized carbons (Fsp3) is 0.750. The maximum absolute atomic E-state index is 12.1. The van der Waals surface area contributed by atoms with E-state index in [9.17, 15) is 13.2 Å². The normalized spacial score (nSPS) is 13.2. The Bertz CT molecular complexity index is 327. The predicted octanol–water partition coefficient (Wildman–Crippen LogP) is 1.98. The van der Waals surface area contributed by atoms with Crippen molar-refractivity contribution in [1.82, 2.24) is 15.5 Å². The number of halogens is 3. The zero-order valence-electron chi connectivity index (χ0n) is 8.64. The van der Waals surface area contributed by atoms with Crippen molar-refractivity contribution in [2.45, 2.75) is 39.0 Å². The fourth-order valence-electron chi connectivity index (χ4n) is 0.783. The third-order valence-corrected chi connectivity index (χ3v) is 1.49. The highest BCUT2D eigenvalue weighted by Gasteiger charge is 2.37. The van der Waals surface area contributed by atoms with Crippen molar-refractivity contribution in [3.63, 3.8) is 0 Å². The van der Waals surface area contributed by atoms with Crippen molar-refractivity contribution in [2.24, 2.45) is 0 Å². The molecule has 0 aliphatic rings. The zero-order valence-corrected chi connectivity index (χ0v) is 8.64. The van der Waals surface area contributed by atoms with Crippen LogP contribution in [0.2, 0.25) is 0 Å². The molecule has 1 rings (SSSR count). The Morgan fingerprint density at radius 1 is 1.27 bits per heavy atom. The molecule has 1 heterocycles. The highest BCUT2D eigenvalue weighted by atomic mass is 19.4. The number of rotatable bonds is 2. The zero-order chi connectivity index (χ0) is 11.7. The topological polar surface area (TPSA) is 51.0 Å². The first-order chi connectivity index (χ1) is 6.68. The Labute approximate surface area is 84.9 Å². The summed E-state index contributed by atoms with van der Waals surface area (Å²) >= 11 is 0. The molecule has 86 valence electrons. The second-order valence-corrected chi connectivity index (χ2v) is 4.11. The van der Waals surface area contributed by atoms with Gasteiger partial charge in [-0.05, 0) is 20.8 Å². The maximum Gasteiger partial charge on any atom is 0.455 e. The molecule has 1 aromatic heterocycles. The molecule has 0 aliphatic carbocycles. The molecule has 0 bridgehead atoms. The van der Waals surface area contributed by atoms with E-state index in [2.05, 4.69) is 20.0 Å². The second kappa shape index (κ2) is 3.80. The van der Waals surface area contributed by atoms with Crippen molar-refractivity contribution in [3.8, 4) is 0 Å². The third kappa shape index (κ3) is 3.86. The van der Waals surface area contributed by atoms with Gasteiger partial charge < -0.3 is 9.84 Å². The van der Waals surface area contributed by atoms with Gasteiger partial charge in [-0.25, -0.2) is 0 Å². The number of nitrogens with zero attached hydrogens (tertiary/aromatic N) is 2. The smallest absolute Gasteiger partial charge is 0.338 e. The quantitative estimate of drug-likeness (QED) is 0.832. The minimum atomic E-state index is -4.55. The molecule has 1 N–H and O–H groups in total. The monoisotopic (exact) mass is 223 g/mol. The van der Waals surface area contributed by atoms with Gasteiger partial charge in [-0.3, -0.25) is 0 Å². The standard InChI is InChI=1S/C8H12F3N3O/c1-7(2,3)12-4-5-13-6(14-15-5)8(9,10)11/h12H,4H2,1-3H3. The van der Waals surface area contributed by atoms with Crippen LogP contribution in [0.25, 0.3) is 0 Å². The highest BCUT2D eigenvalue weighted by Crippen LogP contribution is 2.26. The summed E-state index contributed by atoms with van der Waals surface area (Å²) in [5, 5.41) is 5.78. The second-order valence-electron chi connectivity index (χ2n) is 4.11. The van der Waals surface area contributed by atoms with E-state index in [1.54, 1.807) is 0 Å². The summed E-state index contributed by atoms with van der Waals surface area (Å²) in [5.41, 5.74) is -0.215. The van der Waals surface area contributed by atoms with E-state index in [4.69, 9.17) is 0 Å². The lowest BCUT2D eigenvalue weighted by Crippen LogP contribution is -2.35. The molecule has 0 unspecified atom stereocenters. The molecular formula is C8H12F3N3O. The summed E-state index contributed by atoms with van der Waals surface area (Å²) in [6, 6.07) is 0. The summed E-state index contributed by atoms with van der Waals surface area (Å²) in [4.78, 5) is 3.22. The Morgan fingerprint density at radius 2 is 1.87 bits per heavy atom. The van der Waals surface area contributed by atoms with Gasteiger partial charge in [0.05, 0.1) is 6.54 Å². The minimum Gasteiger partial charge on any atom is -0.338 e. The molecular weight excluding hydrogens is 211 g/mol. The summed E-state index contributed by atoms with van der Waals surface area (Å²) in [6.07, 6.45) is -4.55. The first-order valence-corrected chi connectivity index (χ1v) is 4.33. The van der Waals surface area contributed by atoms with Gasteiger partial charge >= 0.3 is 6.18 Å². The van der Waals surface area contributed by atoms with Gasteiger partial charge in [0.2, 0.25) is 5.89 Å². The average Bonchev–Trinajstić information content (AvgIpc) is 2.45. The lowest BCUT2D eigenvalue weighted by molar-refractivity contribution is -0.146. The first-order valence-electron chi connectivity index (χ1n) is 4.33. The lowest BCUT2D eigenvalue weighted by Gasteiger charge is -2.18. The van der Waals surface area contributed by atoms with Crippen LogP contribution < -0.4 is 5.32 Å². The fourth-order valence-corrected chi connectivity index (χ4v) is 0.783. The van der Waals surface area contributed by atoms with Crippen LogP contribution in [0.3, 0.4) is 0 Å². The van der Waals surface area contributed by atoms with Crippen LogP contribution in [0, 0.1) is 0 Å². The summed E-state index contributed by atoms with van der Waals surface area (Å²) in [5.74, 6) is -1.31. The van der Waals surface area contributed by atoms with E-state index in [1.165, 1.54) is 0 Å². The maximum atomic E-state index is 12.1. The number of alkyl halides is 3. The Hall–Kier alpha value is -1.11. The van der Waals surface area contributed by atoms with E-state index < -0.39 is 12.0 Å². The Morgan fingerprint density at radius 3 is 2.27 bits per heavy atom. The van der Waals surface area contributed by atoms with Gasteiger partial charge in [-0.15, -0.1) is 0 Å². The van der Waals surface area contributed by atoms with Crippen molar-refractivity contribution >= 4 is 0 Å². The summed E-state index contributed by atoms with van der Waals surface area (Å²) < 4.78 is 40.7. The molecule has 0 saturated heterocycles. The van der Waals surface area contributed by atoms with Crippen LogP contribution in [0.15, 0.2) is 4.52 Å². The largest absolute Gasteiger partial charge is 0.455 e. The van der Waals surface area contributed by atoms with E-state index in [0.717, 1.165) is 0 Å². The van der Waals surface area contributed by atoms with Crippen LogP contribution in [0.1, 0.15) is 32.5 Å². The van der Waals surface area contributed by atoms with E-state index in [1.807, 2.05) is 20.8 Å². The number of aromatic nitrogens is 2. The first kappa shape index (κ1) is 12.0. The van der Waals surface area contributed by atoms with E-state index >= 15 is 0 Å². The molecule has 1 aromatic rings. The van der Waals surface area contributed by atoms with Crippen molar-refractivity contribution < 1.29 is 17.7 Å². The minimum absolute atomic E-state index is 0.0720. The third-order valence-electron chi connectivity index (χ3n) is 1.49. The molecule has 0 radical (unpaired) electrons. The average molecular weight is 223 g/mol. The number of nitrogens with one attached hydrogen (secondary N) is 1. The molecule has 0 aliphatic heterocycles. The molecule has 4 nitrogen and oxygen atoms in total. The summed E-state index contributed by atoms with van der Waals surface area (Å²) in [7, 11) is 0. The Balaban J connectivity index is 2.62. The number of hydrogen-bond donors (Lipinski definition) is 1. The van der Waals surface area contributed by atoms with Gasteiger partial charge in [0.15, 0.2) is 0 Å². The molecule has 0 spiro atoms. The molecule has 0 atom stereocenters. The van der Waals surface area contributed by atoms with Crippen LogP contribution in [-0.2, 0) is 12.7 Å². The molecule has 0 fully saturated rings. The molecule has 0 saturated carbocycles.